The third-order valence-corrected chi connectivity index (χ3v) is 4.56. The molecule has 0 spiro atoms. The molecule has 0 amide bonds. The molecular formula is C13H12Cl2N2O3S. The first-order chi connectivity index (χ1) is 9.94. The van der Waals surface area contributed by atoms with Crippen molar-refractivity contribution in [1.29, 1.82) is 0 Å². The van der Waals surface area contributed by atoms with Gasteiger partial charge >= 0.3 is 0 Å². The number of sulfonamides is 1. The summed E-state index contributed by atoms with van der Waals surface area (Å²) in [7, 11) is -2.48. The molecule has 8 heteroatoms. The van der Waals surface area contributed by atoms with E-state index < -0.39 is 10.0 Å². The van der Waals surface area contributed by atoms with Crippen molar-refractivity contribution < 1.29 is 13.2 Å². The first kappa shape index (κ1) is 16.0. The number of pyridine rings is 1. The molecular weight excluding hydrogens is 335 g/mol. The van der Waals surface area contributed by atoms with Crippen molar-refractivity contribution in [3.05, 3.63) is 52.3 Å². The minimum absolute atomic E-state index is 0.0553. The molecule has 2 aromatic rings. The first-order valence-corrected chi connectivity index (χ1v) is 8.09. The highest BCUT2D eigenvalue weighted by Crippen LogP contribution is 2.35. The first-order valence-electron chi connectivity index (χ1n) is 5.85. The summed E-state index contributed by atoms with van der Waals surface area (Å²) in [6.45, 7) is 0.101. The number of aromatic nitrogens is 1. The summed E-state index contributed by atoms with van der Waals surface area (Å²) in [5, 5.41) is 0.342. The maximum absolute atomic E-state index is 12.4. The fraction of sp³-hybridized carbons (Fsp3) is 0.154. The van der Waals surface area contributed by atoms with Crippen LogP contribution in [0, 0.1) is 0 Å². The molecule has 1 aromatic carbocycles. The van der Waals surface area contributed by atoms with Crippen LogP contribution in [0.4, 0.5) is 0 Å². The predicted octanol–water partition coefficient (Wildman–Crippen LogP) is 2.88. The Morgan fingerprint density at radius 1 is 1.33 bits per heavy atom. The molecule has 1 aromatic heterocycles. The SMILES string of the molecule is COc1c(Cl)cc(Cl)cc1S(=O)(=O)NCc1cccnc1. The zero-order valence-corrected chi connectivity index (χ0v) is 13.3. The van der Waals surface area contributed by atoms with Gasteiger partial charge in [-0.05, 0) is 23.8 Å². The second-order valence-corrected chi connectivity index (χ2v) is 6.68. The van der Waals surface area contributed by atoms with Gasteiger partial charge in [-0.3, -0.25) is 4.98 Å². The Bertz CT molecular complexity index is 737. The van der Waals surface area contributed by atoms with E-state index in [1.165, 1.54) is 19.2 Å². The molecule has 0 aliphatic heterocycles. The molecule has 0 fully saturated rings. The van der Waals surface area contributed by atoms with Gasteiger partial charge in [0.2, 0.25) is 10.0 Å². The fourth-order valence-corrected chi connectivity index (χ4v) is 3.62. The van der Waals surface area contributed by atoms with Crippen LogP contribution in [-0.4, -0.2) is 20.5 Å². The van der Waals surface area contributed by atoms with Crippen LogP contribution in [0.15, 0.2) is 41.6 Å². The van der Waals surface area contributed by atoms with Gasteiger partial charge in [0.15, 0.2) is 5.75 Å². The Morgan fingerprint density at radius 2 is 2.10 bits per heavy atom. The minimum atomic E-state index is -3.82. The molecule has 21 heavy (non-hydrogen) atoms. The van der Waals surface area contributed by atoms with E-state index >= 15 is 0 Å². The average Bonchev–Trinajstić information content (AvgIpc) is 2.46. The number of benzene rings is 1. The predicted molar refractivity (Wildman–Crippen MR) is 81.3 cm³/mol. The highest BCUT2D eigenvalue weighted by Gasteiger charge is 2.22. The van der Waals surface area contributed by atoms with Crippen LogP contribution in [-0.2, 0) is 16.6 Å². The van der Waals surface area contributed by atoms with Crippen molar-refractivity contribution in [2.45, 2.75) is 11.4 Å². The van der Waals surface area contributed by atoms with E-state index in [-0.39, 0.29) is 27.2 Å². The van der Waals surface area contributed by atoms with Crippen LogP contribution in [0.25, 0.3) is 0 Å². The van der Waals surface area contributed by atoms with Crippen molar-refractivity contribution in [1.82, 2.24) is 9.71 Å². The van der Waals surface area contributed by atoms with E-state index in [4.69, 9.17) is 27.9 Å². The smallest absolute Gasteiger partial charge is 0.244 e. The van der Waals surface area contributed by atoms with Crippen LogP contribution in [0.2, 0.25) is 10.0 Å². The Morgan fingerprint density at radius 3 is 2.71 bits per heavy atom. The maximum atomic E-state index is 12.4. The number of ether oxygens (including phenoxy) is 1. The van der Waals surface area contributed by atoms with Gasteiger partial charge in [0.25, 0.3) is 0 Å². The van der Waals surface area contributed by atoms with Crippen LogP contribution < -0.4 is 9.46 Å². The molecule has 0 aliphatic rings. The molecule has 0 saturated heterocycles. The largest absolute Gasteiger partial charge is 0.494 e. The van der Waals surface area contributed by atoms with Crippen molar-refractivity contribution >= 4 is 33.2 Å². The summed E-state index contributed by atoms with van der Waals surface area (Å²) in [6.07, 6.45) is 3.18. The molecule has 0 bridgehead atoms. The molecule has 0 aliphatic carbocycles. The number of methoxy groups -OCH3 is 1. The zero-order valence-electron chi connectivity index (χ0n) is 11.0. The Balaban J connectivity index is 2.32. The lowest BCUT2D eigenvalue weighted by atomic mass is 10.3. The van der Waals surface area contributed by atoms with E-state index in [9.17, 15) is 8.42 Å². The normalized spacial score (nSPS) is 11.4. The maximum Gasteiger partial charge on any atom is 0.244 e. The van der Waals surface area contributed by atoms with Crippen LogP contribution >= 0.6 is 23.2 Å². The van der Waals surface area contributed by atoms with Gasteiger partial charge in [0, 0.05) is 24.0 Å². The summed E-state index contributed by atoms with van der Waals surface area (Å²) in [5.41, 5.74) is 0.730. The average molecular weight is 347 g/mol. The second kappa shape index (κ2) is 6.62. The van der Waals surface area contributed by atoms with E-state index in [1.807, 2.05) is 0 Å². The number of nitrogens with one attached hydrogen (secondary N) is 1. The quantitative estimate of drug-likeness (QED) is 0.903. The van der Waals surface area contributed by atoms with Crippen molar-refractivity contribution in [2.75, 3.05) is 7.11 Å². The van der Waals surface area contributed by atoms with E-state index in [1.54, 1.807) is 24.5 Å². The van der Waals surface area contributed by atoms with E-state index in [0.29, 0.717) is 0 Å². The molecule has 0 saturated carbocycles. The molecule has 112 valence electrons. The third kappa shape index (κ3) is 3.85. The van der Waals surface area contributed by atoms with Gasteiger partial charge in [0.05, 0.1) is 12.1 Å². The monoisotopic (exact) mass is 346 g/mol. The summed E-state index contributed by atoms with van der Waals surface area (Å²) >= 11 is 11.8. The van der Waals surface area contributed by atoms with Crippen molar-refractivity contribution in [2.24, 2.45) is 0 Å². The Labute approximate surface area is 132 Å². The van der Waals surface area contributed by atoms with Crippen molar-refractivity contribution in [3.63, 3.8) is 0 Å². The molecule has 0 unspecified atom stereocenters. The second-order valence-electron chi connectivity index (χ2n) is 4.10. The lowest BCUT2D eigenvalue weighted by Gasteiger charge is -2.12. The molecule has 5 nitrogen and oxygen atoms in total. The molecule has 0 atom stereocenters. The number of hydrogen-bond acceptors (Lipinski definition) is 4. The molecule has 0 radical (unpaired) electrons. The van der Waals surface area contributed by atoms with Gasteiger partial charge in [-0.2, -0.15) is 0 Å². The highest BCUT2D eigenvalue weighted by atomic mass is 35.5. The van der Waals surface area contributed by atoms with E-state index in [0.717, 1.165) is 5.56 Å². The summed E-state index contributed by atoms with van der Waals surface area (Å²) in [6, 6.07) is 6.19. The number of halogens is 2. The van der Waals surface area contributed by atoms with Gasteiger partial charge in [-0.15, -0.1) is 0 Å². The van der Waals surface area contributed by atoms with Crippen LogP contribution in [0.5, 0.6) is 5.75 Å². The standard InChI is InChI=1S/C13H12Cl2N2O3S/c1-20-13-11(15)5-10(14)6-12(13)21(18,19)17-8-9-3-2-4-16-7-9/h2-7,17H,8H2,1H3. The minimum Gasteiger partial charge on any atom is -0.494 e. The van der Waals surface area contributed by atoms with Gasteiger partial charge in [-0.1, -0.05) is 29.3 Å². The fourth-order valence-electron chi connectivity index (χ4n) is 1.69. The zero-order chi connectivity index (χ0) is 15.5. The lowest BCUT2D eigenvalue weighted by molar-refractivity contribution is 0.402. The summed E-state index contributed by atoms with van der Waals surface area (Å²) in [5.74, 6) is 0.0553. The third-order valence-electron chi connectivity index (χ3n) is 2.66. The lowest BCUT2D eigenvalue weighted by Crippen LogP contribution is -2.24. The van der Waals surface area contributed by atoms with Crippen molar-refractivity contribution in [3.8, 4) is 5.75 Å². The topological polar surface area (TPSA) is 68.3 Å². The Hall–Kier alpha value is -1.34. The molecule has 2 rings (SSSR count). The van der Waals surface area contributed by atoms with Gasteiger partial charge in [0.1, 0.15) is 4.90 Å². The van der Waals surface area contributed by atoms with Gasteiger partial charge < -0.3 is 4.74 Å². The summed E-state index contributed by atoms with van der Waals surface area (Å²) < 4.78 is 32.2. The number of hydrogen-bond donors (Lipinski definition) is 1. The highest BCUT2D eigenvalue weighted by molar-refractivity contribution is 7.89. The molecule has 1 N–H and O–H groups in total. The Kier molecular flexibility index (Phi) is 5.05. The number of rotatable bonds is 5. The summed E-state index contributed by atoms with van der Waals surface area (Å²) in [4.78, 5) is 3.81. The van der Waals surface area contributed by atoms with Crippen LogP contribution in [0.1, 0.15) is 5.56 Å². The number of nitrogens with zero attached hydrogens (tertiary/aromatic N) is 1. The van der Waals surface area contributed by atoms with E-state index in [2.05, 4.69) is 9.71 Å². The molecule has 1 heterocycles. The van der Waals surface area contributed by atoms with Gasteiger partial charge in [-0.25, -0.2) is 13.1 Å². The van der Waals surface area contributed by atoms with Crippen LogP contribution in [0.3, 0.4) is 0 Å².